The number of alkyl halides is 3. The summed E-state index contributed by atoms with van der Waals surface area (Å²) < 4.78 is 62.2. The summed E-state index contributed by atoms with van der Waals surface area (Å²) in [6, 6.07) is 5.76. The summed E-state index contributed by atoms with van der Waals surface area (Å²) in [6.45, 7) is 5.97. The number of halogens is 3. The SMILES string of the molecule is C[Si](C)(C)c1cccc(OS(=O)(=O)C(F)(F)F)c1. The second-order valence-electron chi connectivity index (χ2n) is 4.76. The van der Waals surface area contributed by atoms with E-state index in [-0.39, 0.29) is 5.75 Å². The largest absolute Gasteiger partial charge is 0.534 e. The molecule has 0 spiro atoms. The van der Waals surface area contributed by atoms with Gasteiger partial charge in [-0.3, -0.25) is 0 Å². The highest BCUT2D eigenvalue weighted by Gasteiger charge is 2.48. The molecule has 0 aliphatic rings. The van der Waals surface area contributed by atoms with E-state index in [2.05, 4.69) is 4.18 Å². The van der Waals surface area contributed by atoms with Gasteiger partial charge in [0.25, 0.3) is 0 Å². The lowest BCUT2D eigenvalue weighted by molar-refractivity contribution is -0.0500. The van der Waals surface area contributed by atoms with Gasteiger partial charge in [-0.25, -0.2) is 0 Å². The topological polar surface area (TPSA) is 43.4 Å². The highest BCUT2D eigenvalue weighted by atomic mass is 32.2. The zero-order valence-electron chi connectivity index (χ0n) is 10.1. The molecule has 18 heavy (non-hydrogen) atoms. The molecule has 0 radical (unpaired) electrons. The fourth-order valence-electron chi connectivity index (χ4n) is 1.19. The van der Waals surface area contributed by atoms with Crippen LogP contribution in [-0.4, -0.2) is 22.0 Å². The quantitative estimate of drug-likeness (QED) is 0.489. The molecule has 0 fully saturated rings. The summed E-state index contributed by atoms with van der Waals surface area (Å²) in [5.74, 6) is -0.313. The van der Waals surface area contributed by atoms with Crippen LogP contribution in [0.5, 0.6) is 5.75 Å². The van der Waals surface area contributed by atoms with Gasteiger partial charge in [-0.2, -0.15) is 21.6 Å². The molecule has 0 unspecified atom stereocenters. The van der Waals surface area contributed by atoms with Gasteiger partial charge in [-0.1, -0.05) is 37.0 Å². The van der Waals surface area contributed by atoms with Crippen molar-refractivity contribution in [2.45, 2.75) is 25.1 Å². The smallest absolute Gasteiger partial charge is 0.376 e. The van der Waals surface area contributed by atoms with Gasteiger partial charge in [0.15, 0.2) is 0 Å². The number of rotatable bonds is 3. The van der Waals surface area contributed by atoms with Crippen LogP contribution in [0.2, 0.25) is 19.6 Å². The molecular weight excluding hydrogens is 285 g/mol. The van der Waals surface area contributed by atoms with Crippen molar-refractivity contribution < 1.29 is 25.8 Å². The van der Waals surface area contributed by atoms with Gasteiger partial charge in [-0.05, 0) is 12.1 Å². The summed E-state index contributed by atoms with van der Waals surface area (Å²) in [4.78, 5) is 0. The zero-order valence-corrected chi connectivity index (χ0v) is 11.9. The summed E-state index contributed by atoms with van der Waals surface area (Å²) >= 11 is 0. The molecule has 0 aromatic heterocycles. The second-order valence-corrected chi connectivity index (χ2v) is 11.4. The van der Waals surface area contributed by atoms with Gasteiger partial charge in [0.1, 0.15) is 5.75 Å². The van der Waals surface area contributed by atoms with Crippen LogP contribution < -0.4 is 9.37 Å². The molecule has 8 heteroatoms. The molecule has 0 saturated carbocycles. The molecule has 1 aromatic rings. The monoisotopic (exact) mass is 298 g/mol. The van der Waals surface area contributed by atoms with Crippen LogP contribution >= 0.6 is 0 Å². The minimum absolute atomic E-state index is 0.313. The third-order valence-corrected chi connectivity index (χ3v) is 5.21. The van der Waals surface area contributed by atoms with Crippen molar-refractivity contribution in [2.24, 2.45) is 0 Å². The van der Waals surface area contributed by atoms with E-state index in [4.69, 9.17) is 0 Å². The van der Waals surface area contributed by atoms with E-state index in [0.29, 0.717) is 0 Å². The predicted molar refractivity (Wildman–Crippen MR) is 65.0 cm³/mol. The Kier molecular flexibility index (Phi) is 3.82. The molecular formula is C10H13F3O3SSi. The van der Waals surface area contributed by atoms with Crippen LogP contribution in [0.4, 0.5) is 13.2 Å². The third-order valence-electron chi connectivity index (χ3n) is 2.19. The Bertz CT molecular complexity index is 532. The summed E-state index contributed by atoms with van der Waals surface area (Å²) in [7, 11) is -7.34. The highest BCUT2D eigenvalue weighted by Crippen LogP contribution is 2.26. The third kappa shape index (κ3) is 3.48. The lowest BCUT2D eigenvalue weighted by atomic mass is 10.3. The van der Waals surface area contributed by atoms with E-state index in [1.165, 1.54) is 18.2 Å². The van der Waals surface area contributed by atoms with Crippen LogP contribution in [0.25, 0.3) is 0 Å². The van der Waals surface area contributed by atoms with Crippen LogP contribution in [-0.2, 0) is 10.1 Å². The first-order valence-electron chi connectivity index (χ1n) is 5.05. The van der Waals surface area contributed by atoms with E-state index >= 15 is 0 Å². The van der Waals surface area contributed by atoms with Crippen molar-refractivity contribution >= 4 is 23.4 Å². The van der Waals surface area contributed by atoms with Crippen molar-refractivity contribution in [3.05, 3.63) is 24.3 Å². The summed E-state index contributed by atoms with van der Waals surface area (Å²) in [6.07, 6.45) is 0. The maximum absolute atomic E-state index is 12.1. The van der Waals surface area contributed by atoms with Gasteiger partial charge in [0, 0.05) is 0 Å². The summed E-state index contributed by atoms with van der Waals surface area (Å²) in [5, 5.41) is 0.817. The predicted octanol–water partition coefficient (Wildman–Crippen LogP) is 2.46. The molecule has 3 nitrogen and oxygen atoms in total. The molecule has 102 valence electrons. The minimum atomic E-state index is -5.60. The average molecular weight is 298 g/mol. The van der Waals surface area contributed by atoms with Gasteiger partial charge in [-0.15, -0.1) is 0 Å². The fourth-order valence-corrected chi connectivity index (χ4v) is 2.81. The first-order valence-corrected chi connectivity index (χ1v) is 9.95. The molecule has 1 rings (SSSR count). The lowest BCUT2D eigenvalue weighted by Gasteiger charge is -2.17. The van der Waals surface area contributed by atoms with Crippen molar-refractivity contribution in [3.63, 3.8) is 0 Å². The number of hydrogen-bond acceptors (Lipinski definition) is 3. The Morgan fingerprint density at radius 3 is 2.17 bits per heavy atom. The van der Waals surface area contributed by atoms with Crippen LogP contribution in [0, 0.1) is 0 Å². The Morgan fingerprint density at radius 1 is 1.17 bits per heavy atom. The maximum Gasteiger partial charge on any atom is 0.534 e. The molecule has 0 atom stereocenters. The average Bonchev–Trinajstić information content (AvgIpc) is 2.14. The molecule has 0 amide bonds. The Balaban J connectivity index is 3.08. The first kappa shape index (κ1) is 15.0. The van der Waals surface area contributed by atoms with E-state index in [9.17, 15) is 21.6 Å². The van der Waals surface area contributed by atoms with Crippen LogP contribution in [0.15, 0.2) is 24.3 Å². The number of benzene rings is 1. The Hall–Kier alpha value is -1.02. The molecule has 0 bridgehead atoms. The van der Waals surface area contributed by atoms with Gasteiger partial charge in [0.05, 0.1) is 8.07 Å². The normalized spacial score (nSPS) is 13.4. The second kappa shape index (κ2) is 4.58. The Morgan fingerprint density at radius 2 is 1.72 bits per heavy atom. The minimum Gasteiger partial charge on any atom is -0.376 e. The highest BCUT2D eigenvalue weighted by molar-refractivity contribution is 7.88. The zero-order chi connectivity index (χ0) is 14.2. The van der Waals surface area contributed by atoms with E-state index < -0.39 is 23.7 Å². The van der Waals surface area contributed by atoms with Crippen molar-refractivity contribution in [1.82, 2.24) is 0 Å². The summed E-state index contributed by atoms with van der Waals surface area (Å²) in [5.41, 5.74) is -5.41. The fraction of sp³-hybridized carbons (Fsp3) is 0.400. The molecule has 0 aliphatic carbocycles. The Labute approximate surface area is 105 Å². The molecule has 0 aliphatic heterocycles. The van der Waals surface area contributed by atoms with E-state index in [0.717, 1.165) is 5.19 Å². The lowest BCUT2D eigenvalue weighted by Crippen LogP contribution is -2.37. The molecule has 1 aromatic carbocycles. The first-order chi connectivity index (χ1) is 7.93. The van der Waals surface area contributed by atoms with Gasteiger partial charge >= 0.3 is 15.6 Å². The van der Waals surface area contributed by atoms with Crippen molar-refractivity contribution in [3.8, 4) is 5.75 Å². The van der Waals surface area contributed by atoms with Crippen molar-refractivity contribution in [2.75, 3.05) is 0 Å². The molecule has 0 heterocycles. The van der Waals surface area contributed by atoms with Gasteiger partial charge in [0.2, 0.25) is 0 Å². The van der Waals surface area contributed by atoms with Crippen LogP contribution in [0.3, 0.4) is 0 Å². The standard InChI is InChI=1S/C10H13F3O3SSi/c1-18(2,3)9-6-4-5-8(7-9)16-17(14,15)10(11,12)13/h4-7H,1-3H3. The van der Waals surface area contributed by atoms with Gasteiger partial charge < -0.3 is 4.18 Å². The molecule has 0 saturated heterocycles. The van der Waals surface area contributed by atoms with Crippen molar-refractivity contribution in [1.29, 1.82) is 0 Å². The van der Waals surface area contributed by atoms with E-state index in [1.807, 2.05) is 19.6 Å². The molecule has 0 N–H and O–H groups in total. The van der Waals surface area contributed by atoms with Crippen LogP contribution in [0.1, 0.15) is 0 Å². The maximum atomic E-state index is 12.1. The van der Waals surface area contributed by atoms with E-state index in [1.54, 1.807) is 6.07 Å². The number of hydrogen-bond donors (Lipinski definition) is 0.